The summed E-state index contributed by atoms with van der Waals surface area (Å²) in [5, 5.41) is 3.24. The van der Waals surface area contributed by atoms with Crippen LogP contribution in [0.5, 0.6) is 11.5 Å². The minimum atomic E-state index is -0.474. The Bertz CT molecular complexity index is 1230. The smallest absolute Gasteiger partial charge is 0.329 e. The van der Waals surface area contributed by atoms with Gasteiger partial charge in [0.2, 0.25) is 0 Å². The van der Waals surface area contributed by atoms with Crippen LogP contribution in [0, 0.1) is 0 Å². The first-order valence-electron chi connectivity index (χ1n) is 10.7. The maximum atomic E-state index is 12.9. The zero-order chi connectivity index (χ0) is 24.1. The standard InChI is InChI=1S/C26H22BrClN2O4/c1-2-33-23-14-19(12-21(27)24(23)34-16-18-6-4-3-5-7-18)13-22-25(31)30(26(32)29-22)15-17-8-10-20(28)11-9-17/h3-14H,2,15-16H2,1H3,(H,29,32)/b22-13-. The van der Waals surface area contributed by atoms with Crippen LogP contribution in [0.3, 0.4) is 0 Å². The van der Waals surface area contributed by atoms with Crippen LogP contribution in [0.2, 0.25) is 5.02 Å². The second-order valence-electron chi connectivity index (χ2n) is 7.54. The summed E-state index contributed by atoms with van der Waals surface area (Å²) in [7, 11) is 0. The van der Waals surface area contributed by atoms with Gasteiger partial charge in [-0.25, -0.2) is 4.79 Å². The molecule has 8 heteroatoms. The molecule has 0 unspecified atom stereocenters. The molecule has 1 N–H and O–H groups in total. The number of carbonyl (C=O) groups is 2. The number of rotatable bonds is 8. The number of carbonyl (C=O) groups excluding carboxylic acids is 2. The first-order valence-corrected chi connectivity index (χ1v) is 11.8. The molecule has 0 aliphatic carbocycles. The summed E-state index contributed by atoms with van der Waals surface area (Å²) in [6.07, 6.45) is 1.62. The Morgan fingerprint density at radius 2 is 1.74 bits per heavy atom. The van der Waals surface area contributed by atoms with Gasteiger partial charge in [0.15, 0.2) is 11.5 Å². The number of imide groups is 1. The number of ether oxygens (including phenoxy) is 2. The average Bonchev–Trinajstić information content (AvgIpc) is 3.08. The van der Waals surface area contributed by atoms with Crippen LogP contribution in [0.15, 0.2) is 76.9 Å². The summed E-state index contributed by atoms with van der Waals surface area (Å²) in [6, 6.07) is 20.0. The fourth-order valence-electron chi connectivity index (χ4n) is 3.46. The number of benzene rings is 3. The quantitative estimate of drug-likeness (QED) is 0.273. The summed E-state index contributed by atoms with van der Waals surface area (Å²) in [6.45, 7) is 2.86. The van der Waals surface area contributed by atoms with Gasteiger partial charge in [-0.05, 0) is 69.9 Å². The lowest BCUT2D eigenvalue weighted by Crippen LogP contribution is -2.30. The molecular weight excluding hydrogens is 520 g/mol. The highest BCUT2D eigenvalue weighted by Gasteiger charge is 2.33. The fraction of sp³-hybridized carbons (Fsp3) is 0.154. The molecule has 0 bridgehead atoms. The van der Waals surface area contributed by atoms with E-state index in [0.717, 1.165) is 16.0 Å². The van der Waals surface area contributed by atoms with Gasteiger partial charge in [0.05, 0.1) is 17.6 Å². The third kappa shape index (κ3) is 5.61. The van der Waals surface area contributed by atoms with E-state index in [0.29, 0.717) is 39.8 Å². The lowest BCUT2D eigenvalue weighted by atomic mass is 10.1. The Kier molecular flexibility index (Phi) is 7.55. The zero-order valence-corrected chi connectivity index (χ0v) is 20.7. The van der Waals surface area contributed by atoms with Crippen molar-refractivity contribution in [3.63, 3.8) is 0 Å². The fourth-order valence-corrected chi connectivity index (χ4v) is 4.16. The van der Waals surface area contributed by atoms with Gasteiger partial charge in [0.1, 0.15) is 12.3 Å². The van der Waals surface area contributed by atoms with Gasteiger partial charge in [-0.15, -0.1) is 0 Å². The largest absolute Gasteiger partial charge is 0.490 e. The first kappa shape index (κ1) is 23.9. The number of urea groups is 1. The van der Waals surface area contributed by atoms with Crippen LogP contribution in [0.25, 0.3) is 6.08 Å². The zero-order valence-electron chi connectivity index (χ0n) is 18.4. The van der Waals surface area contributed by atoms with Gasteiger partial charge < -0.3 is 14.8 Å². The number of nitrogens with zero attached hydrogens (tertiary/aromatic N) is 1. The first-order chi connectivity index (χ1) is 16.4. The Morgan fingerprint density at radius 3 is 2.44 bits per heavy atom. The van der Waals surface area contributed by atoms with Gasteiger partial charge >= 0.3 is 6.03 Å². The summed E-state index contributed by atoms with van der Waals surface area (Å²) in [5.41, 5.74) is 2.70. The van der Waals surface area contributed by atoms with Gasteiger partial charge in [-0.2, -0.15) is 0 Å². The van der Waals surface area contributed by atoms with Crippen molar-refractivity contribution in [1.29, 1.82) is 0 Å². The molecule has 0 aromatic heterocycles. The lowest BCUT2D eigenvalue weighted by Gasteiger charge is -2.15. The van der Waals surface area contributed by atoms with Gasteiger partial charge in [-0.3, -0.25) is 9.69 Å². The van der Waals surface area contributed by atoms with Crippen molar-refractivity contribution in [2.24, 2.45) is 0 Å². The van der Waals surface area contributed by atoms with Gasteiger partial charge in [-0.1, -0.05) is 54.1 Å². The topological polar surface area (TPSA) is 67.9 Å². The molecule has 1 heterocycles. The van der Waals surface area contributed by atoms with Gasteiger partial charge in [0, 0.05) is 5.02 Å². The molecule has 34 heavy (non-hydrogen) atoms. The minimum Gasteiger partial charge on any atom is -0.490 e. The molecule has 0 atom stereocenters. The predicted molar refractivity (Wildman–Crippen MR) is 135 cm³/mol. The van der Waals surface area contributed by atoms with E-state index in [4.69, 9.17) is 21.1 Å². The maximum absolute atomic E-state index is 12.9. The van der Waals surface area contributed by atoms with Crippen LogP contribution in [-0.4, -0.2) is 23.4 Å². The van der Waals surface area contributed by atoms with E-state index >= 15 is 0 Å². The molecule has 3 aromatic rings. The monoisotopic (exact) mass is 540 g/mol. The minimum absolute atomic E-state index is 0.152. The van der Waals surface area contributed by atoms with E-state index in [-0.39, 0.29) is 12.2 Å². The molecular formula is C26H22BrClN2O4. The van der Waals surface area contributed by atoms with Crippen LogP contribution in [-0.2, 0) is 17.9 Å². The Morgan fingerprint density at radius 1 is 1.00 bits per heavy atom. The number of hydrogen-bond acceptors (Lipinski definition) is 4. The van der Waals surface area contributed by atoms with Gasteiger partial charge in [0.25, 0.3) is 5.91 Å². The molecule has 174 valence electrons. The third-order valence-corrected chi connectivity index (χ3v) is 5.93. The molecule has 1 aliphatic heterocycles. The van der Waals surface area contributed by atoms with Crippen molar-refractivity contribution in [2.45, 2.75) is 20.1 Å². The molecule has 1 fully saturated rings. The highest BCUT2D eigenvalue weighted by molar-refractivity contribution is 9.10. The van der Waals surface area contributed by atoms with Crippen molar-refractivity contribution in [2.75, 3.05) is 6.61 Å². The van der Waals surface area contributed by atoms with Crippen molar-refractivity contribution in [1.82, 2.24) is 10.2 Å². The van der Waals surface area contributed by atoms with Crippen LogP contribution in [0.1, 0.15) is 23.6 Å². The van der Waals surface area contributed by atoms with E-state index in [9.17, 15) is 9.59 Å². The van der Waals surface area contributed by atoms with E-state index in [2.05, 4.69) is 21.2 Å². The van der Waals surface area contributed by atoms with E-state index in [1.165, 1.54) is 0 Å². The van der Waals surface area contributed by atoms with E-state index in [1.54, 1.807) is 36.4 Å². The number of nitrogens with one attached hydrogen (secondary N) is 1. The number of hydrogen-bond donors (Lipinski definition) is 1. The highest BCUT2D eigenvalue weighted by Crippen LogP contribution is 2.38. The van der Waals surface area contributed by atoms with Crippen LogP contribution in [0.4, 0.5) is 4.79 Å². The van der Waals surface area contributed by atoms with Crippen molar-refractivity contribution in [3.8, 4) is 11.5 Å². The van der Waals surface area contributed by atoms with E-state index in [1.807, 2.05) is 43.3 Å². The molecule has 1 aliphatic rings. The third-order valence-electron chi connectivity index (χ3n) is 5.08. The van der Waals surface area contributed by atoms with Crippen LogP contribution < -0.4 is 14.8 Å². The number of amides is 3. The molecule has 3 amide bonds. The summed E-state index contributed by atoms with van der Waals surface area (Å²) in [4.78, 5) is 26.5. The van der Waals surface area contributed by atoms with Crippen molar-refractivity contribution < 1.29 is 19.1 Å². The molecule has 3 aromatic carbocycles. The summed E-state index contributed by atoms with van der Waals surface area (Å²) < 4.78 is 12.5. The molecule has 0 spiro atoms. The van der Waals surface area contributed by atoms with Crippen molar-refractivity contribution >= 4 is 45.5 Å². The molecule has 0 saturated carbocycles. The normalized spacial score (nSPS) is 14.4. The number of halogens is 2. The Labute approximate surface area is 211 Å². The predicted octanol–water partition coefficient (Wildman–Crippen LogP) is 6.17. The SMILES string of the molecule is CCOc1cc(/C=C2\NC(=O)N(Cc3ccc(Cl)cc3)C2=O)cc(Br)c1OCc1ccccc1. The maximum Gasteiger partial charge on any atom is 0.329 e. The second-order valence-corrected chi connectivity index (χ2v) is 8.83. The van der Waals surface area contributed by atoms with E-state index < -0.39 is 11.9 Å². The molecule has 1 saturated heterocycles. The Balaban J connectivity index is 1.55. The highest BCUT2D eigenvalue weighted by atomic mass is 79.9. The molecule has 0 radical (unpaired) electrons. The second kappa shape index (κ2) is 10.8. The molecule has 6 nitrogen and oxygen atoms in total. The molecule has 4 rings (SSSR count). The Hall–Kier alpha value is -3.29. The summed E-state index contributed by atoms with van der Waals surface area (Å²) >= 11 is 9.47. The average molecular weight is 542 g/mol. The summed E-state index contributed by atoms with van der Waals surface area (Å²) in [5.74, 6) is 0.701. The lowest BCUT2D eigenvalue weighted by molar-refractivity contribution is -0.123. The van der Waals surface area contributed by atoms with Crippen LogP contribution >= 0.6 is 27.5 Å². The van der Waals surface area contributed by atoms with Crippen molar-refractivity contribution in [3.05, 3.63) is 98.6 Å².